The molecular formula is C12H12ClFO2. The first-order valence-electron chi connectivity index (χ1n) is 4.74. The first-order valence-corrected chi connectivity index (χ1v) is 5.27. The predicted molar refractivity (Wildman–Crippen MR) is 61.1 cm³/mol. The fraction of sp³-hybridized carbons (Fsp3) is 0.333. The quantitative estimate of drug-likeness (QED) is 0.459. The van der Waals surface area contributed by atoms with Gasteiger partial charge in [0.05, 0.1) is 0 Å². The van der Waals surface area contributed by atoms with Gasteiger partial charge >= 0.3 is 0 Å². The molecule has 0 aliphatic carbocycles. The first kappa shape index (κ1) is 12.8. The van der Waals surface area contributed by atoms with Crippen molar-refractivity contribution in [2.45, 2.75) is 6.42 Å². The van der Waals surface area contributed by atoms with Gasteiger partial charge in [-0.15, -0.1) is 11.6 Å². The summed E-state index contributed by atoms with van der Waals surface area (Å²) in [5, 5.41) is 0. The normalized spacial score (nSPS) is 9.44. The fourth-order valence-corrected chi connectivity index (χ4v) is 1.12. The van der Waals surface area contributed by atoms with E-state index in [4.69, 9.17) is 21.1 Å². The summed E-state index contributed by atoms with van der Waals surface area (Å²) < 4.78 is 23.0. The van der Waals surface area contributed by atoms with Crippen LogP contribution in [0.1, 0.15) is 12.0 Å². The molecule has 0 aliphatic heterocycles. The Labute approximate surface area is 99.3 Å². The Hall–Kier alpha value is -1.24. The summed E-state index contributed by atoms with van der Waals surface area (Å²) in [6.45, 7) is 0.00941. The monoisotopic (exact) mass is 242 g/mol. The lowest BCUT2D eigenvalue weighted by Crippen LogP contribution is -2.00. The molecule has 0 aromatic heterocycles. The van der Waals surface area contributed by atoms with Crippen LogP contribution in [-0.4, -0.2) is 19.8 Å². The zero-order chi connectivity index (χ0) is 11.8. The minimum absolute atomic E-state index is 0.00941. The van der Waals surface area contributed by atoms with E-state index in [9.17, 15) is 4.39 Å². The molecule has 0 saturated carbocycles. The summed E-state index contributed by atoms with van der Waals surface area (Å²) in [4.78, 5) is 0. The number of alkyl halides is 1. The topological polar surface area (TPSA) is 18.5 Å². The zero-order valence-corrected chi connectivity index (χ0v) is 9.68. The standard InChI is InChI=1S/C12H12ClFO2/c1-15-9-16-12-8-10(4-2-3-7-13)5-6-11(12)14/h5-6,8H,3,7,9H2,1H3. The smallest absolute Gasteiger partial charge is 0.188 e. The van der Waals surface area contributed by atoms with E-state index in [-0.39, 0.29) is 12.5 Å². The van der Waals surface area contributed by atoms with Gasteiger partial charge in [0.15, 0.2) is 18.4 Å². The van der Waals surface area contributed by atoms with E-state index in [1.54, 1.807) is 6.07 Å². The van der Waals surface area contributed by atoms with E-state index < -0.39 is 5.82 Å². The number of rotatable bonds is 4. The molecule has 0 spiro atoms. The van der Waals surface area contributed by atoms with Gasteiger partial charge < -0.3 is 9.47 Å². The number of hydrogen-bond acceptors (Lipinski definition) is 2. The minimum Gasteiger partial charge on any atom is -0.464 e. The van der Waals surface area contributed by atoms with Gasteiger partial charge in [0.1, 0.15) is 0 Å². The van der Waals surface area contributed by atoms with Crippen molar-refractivity contribution in [3.8, 4) is 17.6 Å². The number of ether oxygens (including phenoxy) is 2. The highest BCUT2D eigenvalue weighted by molar-refractivity contribution is 6.18. The van der Waals surface area contributed by atoms with Crippen LogP contribution in [0.25, 0.3) is 0 Å². The summed E-state index contributed by atoms with van der Waals surface area (Å²) in [7, 11) is 1.47. The van der Waals surface area contributed by atoms with E-state index in [0.717, 1.165) is 0 Å². The maximum absolute atomic E-state index is 13.2. The Morgan fingerprint density at radius 2 is 2.25 bits per heavy atom. The van der Waals surface area contributed by atoms with Crippen LogP contribution in [0.4, 0.5) is 4.39 Å². The van der Waals surface area contributed by atoms with Crippen molar-refractivity contribution in [1.29, 1.82) is 0 Å². The van der Waals surface area contributed by atoms with Gasteiger partial charge in [-0.2, -0.15) is 0 Å². The summed E-state index contributed by atoms with van der Waals surface area (Å²) in [5.74, 6) is 5.93. The number of hydrogen-bond donors (Lipinski definition) is 0. The SMILES string of the molecule is COCOc1cc(C#CCCCl)ccc1F. The molecule has 0 heterocycles. The third-order valence-electron chi connectivity index (χ3n) is 1.72. The molecule has 0 bridgehead atoms. The molecule has 1 aromatic rings. The molecule has 0 N–H and O–H groups in total. The molecule has 0 aliphatic rings. The molecule has 86 valence electrons. The molecule has 0 atom stereocenters. The van der Waals surface area contributed by atoms with Crippen molar-refractivity contribution in [3.05, 3.63) is 29.6 Å². The molecule has 1 rings (SSSR count). The van der Waals surface area contributed by atoms with Crippen LogP contribution >= 0.6 is 11.6 Å². The van der Waals surface area contributed by atoms with Crippen LogP contribution in [0.15, 0.2) is 18.2 Å². The third-order valence-corrected chi connectivity index (χ3v) is 1.90. The fourth-order valence-electron chi connectivity index (χ4n) is 1.03. The highest BCUT2D eigenvalue weighted by Gasteiger charge is 2.03. The van der Waals surface area contributed by atoms with E-state index in [0.29, 0.717) is 17.9 Å². The Kier molecular flexibility index (Phi) is 5.69. The van der Waals surface area contributed by atoms with Gasteiger partial charge in [-0.25, -0.2) is 4.39 Å². The summed E-state index contributed by atoms with van der Waals surface area (Å²) >= 11 is 5.49. The molecule has 0 unspecified atom stereocenters. The van der Waals surface area contributed by atoms with E-state index in [1.807, 2.05) is 0 Å². The van der Waals surface area contributed by atoms with Gasteiger partial charge in [-0.3, -0.25) is 0 Å². The van der Waals surface area contributed by atoms with Crippen molar-refractivity contribution in [2.75, 3.05) is 19.8 Å². The zero-order valence-electron chi connectivity index (χ0n) is 8.93. The van der Waals surface area contributed by atoms with Crippen molar-refractivity contribution < 1.29 is 13.9 Å². The van der Waals surface area contributed by atoms with Crippen LogP contribution in [0.3, 0.4) is 0 Å². The van der Waals surface area contributed by atoms with Crippen molar-refractivity contribution in [2.24, 2.45) is 0 Å². The molecule has 0 saturated heterocycles. The number of halogens is 2. The molecule has 16 heavy (non-hydrogen) atoms. The Balaban J connectivity index is 2.77. The van der Waals surface area contributed by atoms with Crippen molar-refractivity contribution >= 4 is 11.6 Å². The van der Waals surface area contributed by atoms with Crippen LogP contribution in [0, 0.1) is 17.7 Å². The van der Waals surface area contributed by atoms with Gasteiger partial charge in [-0.05, 0) is 18.2 Å². The minimum atomic E-state index is -0.431. The van der Waals surface area contributed by atoms with E-state index in [2.05, 4.69) is 11.8 Å². The Morgan fingerprint density at radius 1 is 1.44 bits per heavy atom. The summed E-state index contributed by atoms with van der Waals surface area (Å²) in [6.07, 6.45) is 0.604. The molecule has 0 amide bonds. The molecule has 2 nitrogen and oxygen atoms in total. The van der Waals surface area contributed by atoms with Crippen LogP contribution in [0.2, 0.25) is 0 Å². The highest BCUT2D eigenvalue weighted by Crippen LogP contribution is 2.18. The summed E-state index contributed by atoms with van der Waals surface area (Å²) in [5.41, 5.74) is 0.692. The Bertz CT molecular complexity index is 396. The number of benzene rings is 1. The molecule has 0 fully saturated rings. The summed E-state index contributed by atoms with van der Waals surface area (Å²) in [6, 6.07) is 4.45. The second-order valence-corrected chi connectivity index (χ2v) is 3.31. The largest absolute Gasteiger partial charge is 0.464 e. The molecule has 1 aromatic carbocycles. The van der Waals surface area contributed by atoms with Crippen LogP contribution in [0.5, 0.6) is 5.75 Å². The maximum Gasteiger partial charge on any atom is 0.188 e. The van der Waals surface area contributed by atoms with E-state index >= 15 is 0 Å². The van der Waals surface area contributed by atoms with E-state index in [1.165, 1.54) is 19.2 Å². The molecule has 0 radical (unpaired) electrons. The highest BCUT2D eigenvalue weighted by atomic mass is 35.5. The Morgan fingerprint density at radius 3 is 2.94 bits per heavy atom. The van der Waals surface area contributed by atoms with Crippen LogP contribution < -0.4 is 4.74 Å². The van der Waals surface area contributed by atoms with Gasteiger partial charge in [0.2, 0.25) is 0 Å². The predicted octanol–water partition coefficient (Wildman–Crippen LogP) is 2.79. The number of methoxy groups -OCH3 is 1. The average Bonchev–Trinajstić information content (AvgIpc) is 2.30. The van der Waals surface area contributed by atoms with Crippen molar-refractivity contribution in [3.63, 3.8) is 0 Å². The van der Waals surface area contributed by atoms with Gasteiger partial charge in [-0.1, -0.05) is 11.8 Å². The maximum atomic E-state index is 13.2. The van der Waals surface area contributed by atoms with Crippen LogP contribution in [-0.2, 0) is 4.74 Å². The molecule has 4 heteroatoms. The third kappa shape index (κ3) is 4.09. The lowest BCUT2D eigenvalue weighted by Gasteiger charge is -2.05. The van der Waals surface area contributed by atoms with Crippen molar-refractivity contribution in [1.82, 2.24) is 0 Å². The lowest BCUT2D eigenvalue weighted by molar-refractivity contribution is 0.0483. The average molecular weight is 243 g/mol. The second-order valence-electron chi connectivity index (χ2n) is 2.94. The van der Waals surface area contributed by atoms with Gasteiger partial charge in [0, 0.05) is 25.0 Å². The molecular weight excluding hydrogens is 231 g/mol. The lowest BCUT2D eigenvalue weighted by atomic mass is 10.2. The van der Waals surface area contributed by atoms with Gasteiger partial charge in [0.25, 0.3) is 0 Å². The first-order chi connectivity index (χ1) is 7.77. The second kappa shape index (κ2) is 7.10.